The van der Waals surface area contributed by atoms with Gasteiger partial charge in [0.05, 0.1) is 0 Å². The number of aryl methyl sites for hydroxylation is 1. The molecule has 0 atom stereocenters. The lowest BCUT2D eigenvalue weighted by Gasteiger charge is -1.96. The van der Waals surface area contributed by atoms with Gasteiger partial charge in [0.1, 0.15) is 5.88 Å². The summed E-state index contributed by atoms with van der Waals surface area (Å²) in [6, 6.07) is 0.340. The number of halogens is 1. The summed E-state index contributed by atoms with van der Waals surface area (Å²) >= 11 is 5.52. The second-order valence-electron chi connectivity index (χ2n) is 3.05. The summed E-state index contributed by atoms with van der Waals surface area (Å²) in [4.78, 5) is 4.06. The highest BCUT2D eigenvalue weighted by Crippen LogP contribution is 2.07. The minimum atomic E-state index is 0.206. The number of alkyl halides is 1. The van der Waals surface area contributed by atoms with Crippen molar-refractivity contribution in [1.29, 1.82) is 0 Å². The van der Waals surface area contributed by atoms with Crippen LogP contribution in [0, 0.1) is 6.92 Å². The Morgan fingerprint density at radius 2 is 2.19 bits per heavy atom. The molecule has 0 aliphatic carbocycles. The van der Waals surface area contributed by atoms with Crippen LogP contribution in [-0.4, -0.2) is 26.9 Å². The minimum absolute atomic E-state index is 0.206. The van der Waals surface area contributed by atoms with E-state index in [0.29, 0.717) is 36.6 Å². The summed E-state index contributed by atoms with van der Waals surface area (Å²) < 4.78 is 10.1. The summed E-state index contributed by atoms with van der Waals surface area (Å²) in [6.45, 7) is 2.34. The van der Waals surface area contributed by atoms with Crippen LogP contribution < -0.4 is 5.32 Å². The smallest absolute Gasteiger partial charge is 0.315 e. The molecule has 1 N–H and O–H groups in total. The second-order valence-corrected chi connectivity index (χ2v) is 3.31. The van der Waals surface area contributed by atoms with E-state index in [2.05, 4.69) is 25.7 Å². The van der Waals surface area contributed by atoms with Crippen LogP contribution >= 0.6 is 11.6 Å². The number of rotatable bonds is 5. The first kappa shape index (κ1) is 10.9. The van der Waals surface area contributed by atoms with Gasteiger partial charge in [0.25, 0.3) is 0 Å². The normalized spacial score (nSPS) is 10.6. The van der Waals surface area contributed by atoms with Crippen LogP contribution in [0.1, 0.15) is 17.6 Å². The van der Waals surface area contributed by atoms with Gasteiger partial charge in [0, 0.05) is 13.0 Å². The molecule has 2 aromatic rings. The molecule has 0 saturated heterocycles. The first-order chi connectivity index (χ1) is 7.78. The van der Waals surface area contributed by atoms with E-state index in [1.54, 1.807) is 6.92 Å². The molecule has 0 aliphatic heterocycles. The van der Waals surface area contributed by atoms with Gasteiger partial charge in [-0.1, -0.05) is 10.3 Å². The third kappa shape index (κ3) is 2.69. The summed E-state index contributed by atoms with van der Waals surface area (Å²) in [5, 5.41) is 14.1. The monoisotopic (exact) mass is 243 g/mol. The van der Waals surface area contributed by atoms with Crippen molar-refractivity contribution in [2.24, 2.45) is 0 Å². The van der Waals surface area contributed by atoms with E-state index >= 15 is 0 Å². The topological polar surface area (TPSA) is 89.9 Å². The maximum atomic E-state index is 5.52. The zero-order valence-corrected chi connectivity index (χ0v) is 9.36. The number of hydrogen-bond donors (Lipinski definition) is 1. The van der Waals surface area contributed by atoms with E-state index in [1.807, 2.05) is 0 Å². The summed E-state index contributed by atoms with van der Waals surface area (Å²) in [6.07, 6.45) is 0.597. The summed E-state index contributed by atoms with van der Waals surface area (Å²) in [5.41, 5.74) is 0. The second kappa shape index (κ2) is 4.93. The fraction of sp³-hybridized carbons (Fsp3) is 0.500. The van der Waals surface area contributed by atoms with Crippen LogP contribution in [0.4, 0.5) is 6.01 Å². The number of anilines is 1. The minimum Gasteiger partial charge on any atom is -0.407 e. The molecule has 0 spiro atoms. The Morgan fingerprint density at radius 3 is 2.81 bits per heavy atom. The van der Waals surface area contributed by atoms with E-state index < -0.39 is 0 Å². The van der Waals surface area contributed by atoms with Crippen LogP contribution in [-0.2, 0) is 12.3 Å². The standard InChI is InChI=1S/C8H10ClN5O2/c1-5-11-6(16-14-5)2-3-10-8-13-12-7(4-9)15-8/h2-4H2,1H3,(H,10,13). The van der Waals surface area contributed by atoms with Crippen molar-refractivity contribution in [1.82, 2.24) is 20.3 Å². The first-order valence-electron chi connectivity index (χ1n) is 4.69. The number of aromatic nitrogens is 4. The molecule has 0 aromatic carbocycles. The Bertz CT molecular complexity index is 455. The maximum absolute atomic E-state index is 5.52. The molecule has 8 heteroatoms. The lowest BCUT2D eigenvalue weighted by Crippen LogP contribution is -2.05. The molecule has 2 aromatic heterocycles. The average molecular weight is 244 g/mol. The van der Waals surface area contributed by atoms with Gasteiger partial charge in [0.2, 0.25) is 11.8 Å². The van der Waals surface area contributed by atoms with E-state index in [4.69, 9.17) is 20.5 Å². The lowest BCUT2D eigenvalue weighted by atomic mass is 10.4. The molecule has 0 amide bonds. The molecule has 86 valence electrons. The zero-order valence-electron chi connectivity index (χ0n) is 8.60. The van der Waals surface area contributed by atoms with Crippen molar-refractivity contribution >= 4 is 17.6 Å². The molecule has 0 unspecified atom stereocenters. The predicted octanol–water partition coefficient (Wildman–Crippen LogP) is 1.15. The predicted molar refractivity (Wildman–Crippen MR) is 55.1 cm³/mol. The number of nitrogens with zero attached hydrogens (tertiary/aromatic N) is 4. The maximum Gasteiger partial charge on any atom is 0.315 e. The van der Waals surface area contributed by atoms with Crippen LogP contribution in [0.15, 0.2) is 8.94 Å². The van der Waals surface area contributed by atoms with Crippen molar-refractivity contribution in [2.45, 2.75) is 19.2 Å². The van der Waals surface area contributed by atoms with Crippen molar-refractivity contribution in [3.8, 4) is 0 Å². The highest BCUT2D eigenvalue weighted by Gasteiger charge is 2.05. The molecule has 7 nitrogen and oxygen atoms in total. The van der Waals surface area contributed by atoms with E-state index in [1.165, 1.54) is 0 Å². The molecule has 2 rings (SSSR count). The molecule has 0 aliphatic rings. The number of nitrogens with one attached hydrogen (secondary N) is 1. The van der Waals surface area contributed by atoms with Crippen molar-refractivity contribution < 1.29 is 8.94 Å². The van der Waals surface area contributed by atoms with Crippen LogP contribution in [0.5, 0.6) is 0 Å². The van der Waals surface area contributed by atoms with Gasteiger partial charge >= 0.3 is 6.01 Å². The zero-order chi connectivity index (χ0) is 11.4. The van der Waals surface area contributed by atoms with Gasteiger partial charge in [-0.25, -0.2) is 0 Å². The number of hydrogen-bond acceptors (Lipinski definition) is 7. The Kier molecular flexibility index (Phi) is 3.35. The molecular weight excluding hydrogens is 234 g/mol. The third-order valence-electron chi connectivity index (χ3n) is 1.77. The Morgan fingerprint density at radius 1 is 1.31 bits per heavy atom. The highest BCUT2D eigenvalue weighted by atomic mass is 35.5. The van der Waals surface area contributed by atoms with Gasteiger partial charge in [-0.2, -0.15) is 4.98 Å². The molecule has 0 saturated carbocycles. The first-order valence-corrected chi connectivity index (χ1v) is 5.23. The summed E-state index contributed by atoms with van der Waals surface area (Å²) in [5.74, 6) is 1.79. The fourth-order valence-corrected chi connectivity index (χ4v) is 1.20. The van der Waals surface area contributed by atoms with Gasteiger partial charge < -0.3 is 14.3 Å². The largest absolute Gasteiger partial charge is 0.407 e. The van der Waals surface area contributed by atoms with E-state index in [-0.39, 0.29) is 5.88 Å². The quantitative estimate of drug-likeness (QED) is 0.788. The Hall–Kier alpha value is -1.63. The Labute approximate surface area is 96.2 Å². The average Bonchev–Trinajstić information content (AvgIpc) is 2.88. The fourth-order valence-electron chi connectivity index (χ4n) is 1.10. The van der Waals surface area contributed by atoms with E-state index in [9.17, 15) is 0 Å². The van der Waals surface area contributed by atoms with Crippen molar-refractivity contribution in [2.75, 3.05) is 11.9 Å². The van der Waals surface area contributed by atoms with Crippen LogP contribution in [0.25, 0.3) is 0 Å². The van der Waals surface area contributed by atoms with Gasteiger partial charge in [-0.05, 0) is 6.92 Å². The molecular formula is C8H10ClN5O2. The third-order valence-corrected chi connectivity index (χ3v) is 1.99. The SMILES string of the molecule is Cc1noc(CCNc2nnc(CCl)o2)n1. The van der Waals surface area contributed by atoms with E-state index in [0.717, 1.165) is 0 Å². The molecule has 2 heterocycles. The molecule has 16 heavy (non-hydrogen) atoms. The van der Waals surface area contributed by atoms with Gasteiger partial charge in [0.15, 0.2) is 5.82 Å². The molecule has 0 fully saturated rings. The van der Waals surface area contributed by atoms with Gasteiger partial charge in [-0.3, -0.25) is 0 Å². The van der Waals surface area contributed by atoms with Crippen molar-refractivity contribution in [3.63, 3.8) is 0 Å². The van der Waals surface area contributed by atoms with Gasteiger partial charge in [-0.15, -0.1) is 16.7 Å². The van der Waals surface area contributed by atoms with Crippen molar-refractivity contribution in [3.05, 3.63) is 17.6 Å². The summed E-state index contributed by atoms with van der Waals surface area (Å²) in [7, 11) is 0. The highest BCUT2D eigenvalue weighted by molar-refractivity contribution is 6.16. The molecule has 0 radical (unpaired) electrons. The Balaban J connectivity index is 1.79. The van der Waals surface area contributed by atoms with Crippen LogP contribution in [0.3, 0.4) is 0 Å². The van der Waals surface area contributed by atoms with Crippen LogP contribution in [0.2, 0.25) is 0 Å². The lowest BCUT2D eigenvalue weighted by molar-refractivity contribution is 0.376. The molecule has 0 bridgehead atoms.